The number of hydrogen-bond acceptors (Lipinski definition) is 2. The number of hydrogen-bond donors (Lipinski definition) is 0. The summed E-state index contributed by atoms with van der Waals surface area (Å²) in [5.74, 6) is -1.25. The Bertz CT molecular complexity index is 549. The Balaban J connectivity index is 2.11. The zero-order valence-corrected chi connectivity index (χ0v) is 14.1. The summed E-state index contributed by atoms with van der Waals surface area (Å²) in [5.41, 5.74) is 0.322. The molecule has 1 aliphatic heterocycles. The average Bonchev–Trinajstić information content (AvgIpc) is 2.45. The van der Waals surface area contributed by atoms with Crippen LogP contribution < -0.4 is 4.74 Å². The van der Waals surface area contributed by atoms with Crippen molar-refractivity contribution in [3.8, 4) is 5.75 Å². The van der Waals surface area contributed by atoms with Gasteiger partial charge in [0.2, 0.25) is 0 Å². The highest BCUT2D eigenvalue weighted by molar-refractivity contribution is 9.10. The SMILES string of the molecule is COc1c(Cl)cc(C(=O)N2CCC(C(F)(F)F)CC2)cc1Br. The van der Waals surface area contributed by atoms with Gasteiger partial charge in [0.15, 0.2) is 5.75 Å². The highest BCUT2D eigenvalue weighted by Gasteiger charge is 2.41. The first-order chi connectivity index (χ1) is 10.2. The molecule has 3 nitrogen and oxygen atoms in total. The van der Waals surface area contributed by atoms with Crippen molar-refractivity contribution in [2.24, 2.45) is 5.92 Å². The standard InChI is InChI=1S/C14H14BrClF3NO2/c1-22-12-10(15)6-8(7-11(12)16)13(21)20-4-2-9(3-5-20)14(17,18)19/h6-7,9H,2-5H2,1H3. The van der Waals surface area contributed by atoms with E-state index in [2.05, 4.69) is 15.9 Å². The van der Waals surface area contributed by atoms with Gasteiger partial charge in [0, 0.05) is 18.7 Å². The molecule has 0 aromatic heterocycles. The smallest absolute Gasteiger partial charge is 0.391 e. The van der Waals surface area contributed by atoms with Crippen molar-refractivity contribution >= 4 is 33.4 Å². The first-order valence-electron chi connectivity index (χ1n) is 6.63. The summed E-state index contributed by atoms with van der Waals surface area (Å²) in [4.78, 5) is 13.8. The number of benzene rings is 1. The lowest BCUT2D eigenvalue weighted by molar-refractivity contribution is -0.183. The third kappa shape index (κ3) is 3.68. The molecular formula is C14H14BrClF3NO2. The monoisotopic (exact) mass is 399 g/mol. The number of likely N-dealkylation sites (tertiary alicyclic amines) is 1. The van der Waals surface area contributed by atoms with Crippen LogP contribution in [0.2, 0.25) is 5.02 Å². The Morgan fingerprint density at radius 2 is 1.95 bits per heavy atom. The van der Waals surface area contributed by atoms with Gasteiger partial charge in [-0.05, 0) is 40.9 Å². The van der Waals surface area contributed by atoms with Gasteiger partial charge in [-0.3, -0.25) is 4.79 Å². The summed E-state index contributed by atoms with van der Waals surface area (Å²) >= 11 is 9.28. The maximum Gasteiger partial charge on any atom is 0.391 e. The van der Waals surface area contributed by atoms with Crippen LogP contribution in [0.4, 0.5) is 13.2 Å². The minimum Gasteiger partial charge on any atom is -0.494 e. The predicted molar refractivity (Wildman–Crippen MR) is 80.4 cm³/mol. The number of piperidine rings is 1. The van der Waals surface area contributed by atoms with Crippen LogP contribution in [-0.2, 0) is 0 Å². The Labute approximate surface area is 139 Å². The number of nitrogens with zero attached hydrogens (tertiary/aromatic N) is 1. The number of alkyl halides is 3. The van der Waals surface area contributed by atoms with Crippen LogP contribution in [0.3, 0.4) is 0 Å². The lowest BCUT2D eigenvalue weighted by Gasteiger charge is -2.33. The highest BCUT2D eigenvalue weighted by atomic mass is 79.9. The molecule has 0 spiro atoms. The molecule has 1 aromatic rings. The summed E-state index contributed by atoms with van der Waals surface area (Å²) < 4.78 is 43.5. The molecule has 0 aliphatic carbocycles. The number of rotatable bonds is 2. The summed E-state index contributed by atoms with van der Waals surface area (Å²) in [6, 6.07) is 3.02. The van der Waals surface area contributed by atoms with Gasteiger partial charge in [-0.1, -0.05) is 11.6 Å². The van der Waals surface area contributed by atoms with Crippen molar-refractivity contribution in [3.05, 3.63) is 27.2 Å². The number of carbonyl (C=O) groups is 1. The molecule has 0 bridgehead atoms. The van der Waals surface area contributed by atoms with E-state index in [-0.39, 0.29) is 36.9 Å². The minimum atomic E-state index is -4.19. The molecule has 1 amide bonds. The van der Waals surface area contributed by atoms with Gasteiger partial charge >= 0.3 is 6.18 Å². The Morgan fingerprint density at radius 1 is 1.36 bits per heavy atom. The number of amides is 1. The van der Waals surface area contributed by atoms with E-state index in [4.69, 9.17) is 16.3 Å². The van der Waals surface area contributed by atoms with E-state index in [9.17, 15) is 18.0 Å². The lowest BCUT2D eigenvalue weighted by atomic mass is 9.96. The molecule has 0 radical (unpaired) electrons. The van der Waals surface area contributed by atoms with Gasteiger partial charge in [0.1, 0.15) is 0 Å². The molecule has 0 atom stereocenters. The minimum absolute atomic E-state index is 0.0692. The zero-order valence-electron chi connectivity index (χ0n) is 11.7. The largest absolute Gasteiger partial charge is 0.494 e. The van der Waals surface area contributed by atoms with Gasteiger partial charge in [-0.2, -0.15) is 13.2 Å². The Hall–Kier alpha value is -0.950. The molecule has 0 N–H and O–H groups in total. The van der Waals surface area contributed by atoms with E-state index >= 15 is 0 Å². The third-order valence-corrected chi connectivity index (χ3v) is 4.56. The molecule has 1 fully saturated rings. The van der Waals surface area contributed by atoms with Crippen molar-refractivity contribution in [1.29, 1.82) is 0 Å². The first-order valence-corrected chi connectivity index (χ1v) is 7.80. The molecule has 1 aliphatic rings. The van der Waals surface area contributed by atoms with E-state index in [0.29, 0.717) is 15.8 Å². The maximum atomic E-state index is 12.6. The van der Waals surface area contributed by atoms with Gasteiger partial charge in [0.05, 0.1) is 22.5 Å². The van der Waals surface area contributed by atoms with E-state index in [1.165, 1.54) is 18.1 Å². The third-order valence-electron chi connectivity index (χ3n) is 3.69. The van der Waals surface area contributed by atoms with Crippen molar-refractivity contribution < 1.29 is 22.7 Å². The molecule has 1 aromatic carbocycles. The Morgan fingerprint density at radius 3 is 2.41 bits per heavy atom. The van der Waals surface area contributed by atoms with Crippen molar-refractivity contribution in [1.82, 2.24) is 4.90 Å². The number of ether oxygens (including phenoxy) is 1. The second kappa shape index (κ2) is 6.66. The molecule has 1 heterocycles. The van der Waals surface area contributed by atoms with E-state index < -0.39 is 12.1 Å². The Kier molecular flexibility index (Phi) is 5.27. The molecule has 1 saturated heterocycles. The molecular weight excluding hydrogens is 387 g/mol. The molecule has 2 rings (SSSR count). The normalized spacial score (nSPS) is 16.7. The van der Waals surface area contributed by atoms with Crippen LogP contribution in [0.5, 0.6) is 5.75 Å². The first kappa shape index (κ1) is 17.4. The number of halogens is 5. The zero-order chi connectivity index (χ0) is 16.5. The second-order valence-corrected chi connectivity index (χ2v) is 6.34. The molecule has 0 saturated carbocycles. The number of methoxy groups -OCH3 is 1. The molecule has 22 heavy (non-hydrogen) atoms. The lowest BCUT2D eigenvalue weighted by Crippen LogP contribution is -2.42. The summed E-state index contributed by atoms with van der Waals surface area (Å²) in [6.45, 7) is 0.175. The van der Waals surface area contributed by atoms with Crippen molar-refractivity contribution in [2.75, 3.05) is 20.2 Å². The second-order valence-electron chi connectivity index (χ2n) is 5.08. The number of carbonyl (C=O) groups excluding carboxylic acids is 1. The quantitative estimate of drug-likeness (QED) is 0.730. The highest BCUT2D eigenvalue weighted by Crippen LogP contribution is 2.36. The van der Waals surface area contributed by atoms with Crippen LogP contribution in [0.1, 0.15) is 23.2 Å². The predicted octanol–water partition coefficient (Wildman–Crippen LogP) is 4.53. The molecule has 122 valence electrons. The van der Waals surface area contributed by atoms with Gasteiger partial charge in [-0.15, -0.1) is 0 Å². The van der Waals surface area contributed by atoms with Crippen molar-refractivity contribution in [2.45, 2.75) is 19.0 Å². The fourth-order valence-corrected chi connectivity index (χ4v) is 3.50. The summed E-state index contributed by atoms with van der Waals surface area (Å²) in [6.07, 6.45) is -4.33. The fraction of sp³-hybridized carbons (Fsp3) is 0.500. The average molecular weight is 401 g/mol. The maximum absolute atomic E-state index is 12.6. The van der Waals surface area contributed by atoms with Gasteiger partial charge < -0.3 is 9.64 Å². The van der Waals surface area contributed by atoms with Crippen molar-refractivity contribution in [3.63, 3.8) is 0 Å². The van der Waals surface area contributed by atoms with E-state index in [1.54, 1.807) is 6.07 Å². The molecule has 8 heteroatoms. The van der Waals surface area contributed by atoms with Crippen LogP contribution in [0.25, 0.3) is 0 Å². The van der Waals surface area contributed by atoms with Crippen LogP contribution in [0, 0.1) is 5.92 Å². The van der Waals surface area contributed by atoms with E-state index in [0.717, 1.165) is 0 Å². The topological polar surface area (TPSA) is 29.5 Å². The summed E-state index contributed by atoms with van der Waals surface area (Å²) in [7, 11) is 1.45. The van der Waals surface area contributed by atoms with Crippen LogP contribution in [-0.4, -0.2) is 37.2 Å². The fourth-order valence-electron chi connectivity index (χ4n) is 2.47. The summed E-state index contributed by atoms with van der Waals surface area (Å²) in [5, 5.41) is 0.269. The van der Waals surface area contributed by atoms with Gasteiger partial charge in [-0.25, -0.2) is 0 Å². The molecule has 0 unspecified atom stereocenters. The van der Waals surface area contributed by atoms with Crippen LogP contribution in [0.15, 0.2) is 16.6 Å². The van der Waals surface area contributed by atoms with E-state index in [1.807, 2.05) is 0 Å². The van der Waals surface area contributed by atoms with Gasteiger partial charge in [0.25, 0.3) is 5.91 Å². The van der Waals surface area contributed by atoms with Crippen LogP contribution >= 0.6 is 27.5 Å².